The molecule has 3 heterocycles. The Bertz CT molecular complexity index is 1370. The number of carbonyl (C=O) groups excluding carboxylic acids is 1. The van der Waals surface area contributed by atoms with Crippen molar-refractivity contribution in [1.82, 2.24) is 9.55 Å². The van der Waals surface area contributed by atoms with E-state index in [-0.39, 0.29) is 24.0 Å². The molecule has 168 valence electrons. The van der Waals surface area contributed by atoms with Crippen LogP contribution in [0.2, 0.25) is 0 Å². The number of fused-ring (bicyclic) bond motifs is 2. The van der Waals surface area contributed by atoms with Crippen LogP contribution in [0.25, 0.3) is 10.2 Å². The van der Waals surface area contributed by atoms with Crippen LogP contribution in [-0.4, -0.2) is 34.5 Å². The smallest absolute Gasteiger partial charge is 0.272 e. The summed E-state index contributed by atoms with van der Waals surface area (Å²) in [5.74, 6) is 1.49. The summed E-state index contributed by atoms with van der Waals surface area (Å²) in [5, 5.41) is 2.37. The van der Waals surface area contributed by atoms with Crippen LogP contribution in [0, 0.1) is 0 Å². The number of hydrogen-bond donors (Lipinski definition) is 0. The van der Waals surface area contributed by atoms with Gasteiger partial charge in [-0.05, 0) is 48.2 Å². The van der Waals surface area contributed by atoms with Crippen molar-refractivity contribution in [3.05, 3.63) is 75.9 Å². The minimum absolute atomic E-state index is 0.0389. The monoisotopic (exact) mass is 479 g/mol. The highest BCUT2D eigenvalue weighted by atomic mass is 32.2. The van der Waals surface area contributed by atoms with Gasteiger partial charge in [-0.2, -0.15) is 0 Å². The fraction of sp³-hybridized carbons (Fsp3) is 0.208. The molecule has 1 aliphatic rings. The van der Waals surface area contributed by atoms with Crippen molar-refractivity contribution in [1.29, 1.82) is 0 Å². The molecule has 9 heteroatoms. The molecule has 0 atom stereocenters. The van der Waals surface area contributed by atoms with E-state index in [1.807, 2.05) is 66.9 Å². The zero-order chi connectivity index (χ0) is 22.8. The number of benzene rings is 2. The van der Waals surface area contributed by atoms with E-state index >= 15 is 0 Å². The van der Waals surface area contributed by atoms with E-state index in [9.17, 15) is 9.59 Å². The quantitative estimate of drug-likeness (QED) is 0.289. The molecule has 0 unspecified atom stereocenters. The van der Waals surface area contributed by atoms with Gasteiger partial charge in [-0.1, -0.05) is 36.0 Å². The Balaban J connectivity index is 1.43. The molecule has 0 aliphatic carbocycles. The summed E-state index contributed by atoms with van der Waals surface area (Å²) in [6.07, 6.45) is 0. The minimum atomic E-state index is -0.113. The van der Waals surface area contributed by atoms with Crippen molar-refractivity contribution < 1.29 is 14.3 Å². The molecule has 2 aromatic heterocycles. The van der Waals surface area contributed by atoms with Crippen LogP contribution in [-0.2, 0) is 11.3 Å². The standard InChI is InChI=1S/C24H21N3O4S2/c1-2-26(17-6-4-3-5-7-17)21(28)14-33-24-25-18-10-11-32-22(18)23(29)27(24)13-16-8-9-19-20(12-16)31-15-30-19/h3-12H,2,13-15H2,1H3. The molecule has 0 saturated carbocycles. The third-order valence-corrected chi connectivity index (χ3v) is 7.17. The molecule has 33 heavy (non-hydrogen) atoms. The maximum Gasteiger partial charge on any atom is 0.272 e. The van der Waals surface area contributed by atoms with Crippen LogP contribution in [0.3, 0.4) is 0 Å². The maximum atomic E-state index is 13.3. The molecule has 0 saturated heterocycles. The van der Waals surface area contributed by atoms with E-state index in [1.165, 1.54) is 23.1 Å². The first-order chi connectivity index (χ1) is 16.1. The zero-order valence-corrected chi connectivity index (χ0v) is 19.5. The highest BCUT2D eigenvalue weighted by Crippen LogP contribution is 2.33. The van der Waals surface area contributed by atoms with Gasteiger partial charge < -0.3 is 14.4 Å². The van der Waals surface area contributed by atoms with E-state index in [2.05, 4.69) is 0 Å². The van der Waals surface area contributed by atoms with Crippen LogP contribution in [0.15, 0.2) is 69.9 Å². The molecule has 1 amide bonds. The molecule has 0 N–H and O–H groups in total. The summed E-state index contributed by atoms with van der Waals surface area (Å²) in [5.41, 5.74) is 2.28. The van der Waals surface area contributed by atoms with Crippen molar-refractivity contribution >= 4 is 44.9 Å². The second kappa shape index (κ2) is 9.29. The topological polar surface area (TPSA) is 73.7 Å². The molecule has 1 aliphatic heterocycles. The lowest BCUT2D eigenvalue weighted by atomic mass is 10.2. The largest absolute Gasteiger partial charge is 0.454 e. The molecular weight excluding hydrogens is 458 g/mol. The van der Waals surface area contributed by atoms with Crippen LogP contribution >= 0.6 is 23.1 Å². The average molecular weight is 480 g/mol. The van der Waals surface area contributed by atoms with E-state index in [1.54, 1.807) is 9.47 Å². The first-order valence-corrected chi connectivity index (χ1v) is 12.4. The Labute approximate surface area is 198 Å². The molecule has 0 bridgehead atoms. The number of carbonyl (C=O) groups is 1. The van der Waals surface area contributed by atoms with Crippen molar-refractivity contribution in [3.8, 4) is 11.5 Å². The van der Waals surface area contributed by atoms with Crippen LogP contribution in [0.5, 0.6) is 11.5 Å². The van der Waals surface area contributed by atoms with Gasteiger partial charge in [-0.15, -0.1) is 11.3 Å². The van der Waals surface area contributed by atoms with Crippen LogP contribution in [0.4, 0.5) is 5.69 Å². The highest BCUT2D eigenvalue weighted by molar-refractivity contribution is 7.99. The highest BCUT2D eigenvalue weighted by Gasteiger charge is 2.19. The van der Waals surface area contributed by atoms with Gasteiger partial charge in [0, 0.05) is 12.2 Å². The number of aromatic nitrogens is 2. The molecule has 4 aromatic rings. The van der Waals surface area contributed by atoms with E-state index < -0.39 is 0 Å². The lowest BCUT2D eigenvalue weighted by molar-refractivity contribution is -0.116. The number of amides is 1. The molecule has 0 fully saturated rings. The van der Waals surface area contributed by atoms with E-state index in [0.717, 1.165) is 11.3 Å². The fourth-order valence-corrected chi connectivity index (χ4v) is 5.36. The predicted octanol–water partition coefficient (Wildman–Crippen LogP) is 4.38. The summed E-state index contributed by atoms with van der Waals surface area (Å²) < 4.78 is 13.1. The molecular formula is C24H21N3O4S2. The second-order valence-corrected chi connectivity index (χ2v) is 9.23. The SMILES string of the molecule is CCN(C(=O)CSc1nc2ccsc2c(=O)n1Cc1ccc2c(c1)OCO2)c1ccccc1. The fourth-order valence-electron chi connectivity index (χ4n) is 3.71. The van der Waals surface area contributed by atoms with Gasteiger partial charge in [0.05, 0.1) is 17.8 Å². The van der Waals surface area contributed by atoms with Gasteiger partial charge in [0.15, 0.2) is 16.7 Å². The predicted molar refractivity (Wildman–Crippen MR) is 131 cm³/mol. The number of rotatable bonds is 7. The number of anilines is 1. The molecule has 0 radical (unpaired) electrons. The van der Waals surface area contributed by atoms with Gasteiger partial charge >= 0.3 is 0 Å². The first kappa shape index (κ1) is 21.5. The Kier molecular flexibility index (Phi) is 6.06. The minimum Gasteiger partial charge on any atom is -0.454 e. The number of thioether (sulfide) groups is 1. The number of nitrogens with zero attached hydrogens (tertiary/aromatic N) is 3. The molecule has 2 aromatic carbocycles. The van der Waals surface area contributed by atoms with Crippen molar-refractivity contribution in [3.63, 3.8) is 0 Å². The molecule has 0 spiro atoms. The van der Waals surface area contributed by atoms with Crippen molar-refractivity contribution in [2.45, 2.75) is 18.6 Å². The summed E-state index contributed by atoms with van der Waals surface area (Å²) in [6, 6.07) is 17.0. The second-order valence-electron chi connectivity index (χ2n) is 7.37. The first-order valence-electron chi connectivity index (χ1n) is 10.5. The van der Waals surface area contributed by atoms with E-state index in [0.29, 0.717) is 40.0 Å². The third-order valence-electron chi connectivity index (χ3n) is 5.32. The molecule has 7 nitrogen and oxygen atoms in total. The number of thiophene rings is 1. The Morgan fingerprint density at radius 3 is 2.79 bits per heavy atom. The average Bonchev–Trinajstić information content (AvgIpc) is 3.50. The number of para-hydroxylation sites is 1. The van der Waals surface area contributed by atoms with Crippen molar-refractivity contribution in [2.75, 3.05) is 24.0 Å². The van der Waals surface area contributed by atoms with Crippen molar-refractivity contribution in [2.24, 2.45) is 0 Å². The summed E-state index contributed by atoms with van der Waals surface area (Å²) in [6.45, 7) is 3.02. The van der Waals surface area contributed by atoms with Crippen LogP contribution < -0.4 is 19.9 Å². The maximum absolute atomic E-state index is 13.3. The van der Waals surface area contributed by atoms with E-state index in [4.69, 9.17) is 14.5 Å². The number of ether oxygens (including phenoxy) is 2. The van der Waals surface area contributed by atoms with Gasteiger partial charge in [0.1, 0.15) is 4.70 Å². The lowest BCUT2D eigenvalue weighted by Crippen LogP contribution is -2.32. The Hall–Kier alpha value is -3.30. The third kappa shape index (κ3) is 4.34. The van der Waals surface area contributed by atoms with Gasteiger partial charge in [0.25, 0.3) is 5.56 Å². The summed E-state index contributed by atoms with van der Waals surface area (Å²) >= 11 is 2.65. The van der Waals surface area contributed by atoms with Gasteiger partial charge in [0.2, 0.25) is 12.7 Å². The number of hydrogen-bond acceptors (Lipinski definition) is 7. The van der Waals surface area contributed by atoms with Crippen LogP contribution in [0.1, 0.15) is 12.5 Å². The zero-order valence-electron chi connectivity index (χ0n) is 17.9. The molecule has 5 rings (SSSR count). The van der Waals surface area contributed by atoms with Gasteiger partial charge in [-0.25, -0.2) is 4.98 Å². The Morgan fingerprint density at radius 1 is 1.15 bits per heavy atom. The van der Waals surface area contributed by atoms with Gasteiger partial charge in [-0.3, -0.25) is 14.2 Å². The lowest BCUT2D eigenvalue weighted by Gasteiger charge is -2.21. The Morgan fingerprint density at radius 2 is 1.97 bits per heavy atom. The normalized spacial score (nSPS) is 12.3. The summed E-state index contributed by atoms with van der Waals surface area (Å²) in [4.78, 5) is 32.7. The summed E-state index contributed by atoms with van der Waals surface area (Å²) in [7, 11) is 0.